The topological polar surface area (TPSA) is 104 Å². The summed E-state index contributed by atoms with van der Waals surface area (Å²) in [5, 5.41) is 20.6. The maximum Gasteiger partial charge on any atom is 0.325 e. The van der Waals surface area contributed by atoms with E-state index in [0.29, 0.717) is 9.17 Å². The second kappa shape index (κ2) is 5.82. The molecule has 1 unspecified atom stereocenters. The van der Waals surface area contributed by atoms with Crippen LogP contribution in [0.25, 0.3) is 10.1 Å². The van der Waals surface area contributed by atoms with Crippen LogP contribution in [0.15, 0.2) is 27.5 Å². The van der Waals surface area contributed by atoms with Gasteiger partial charge in [0.2, 0.25) is 5.43 Å². The summed E-state index contributed by atoms with van der Waals surface area (Å²) in [4.78, 5) is 35.0. The predicted octanol–water partition coefficient (Wildman–Crippen LogP) is 1.93. The lowest BCUT2D eigenvalue weighted by molar-refractivity contribution is -0.138. The molecule has 2 aromatic rings. The second-order valence-corrected chi connectivity index (χ2v) is 6.23. The van der Waals surface area contributed by atoms with Crippen LogP contribution in [0.5, 0.6) is 5.06 Å². The highest BCUT2D eigenvalue weighted by atomic mass is 79.9. The van der Waals surface area contributed by atoms with E-state index in [9.17, 15) is 19.5 Å². The molecule has 0 fully saturated rings. The molecule has 0 spiro atoms. The number of halogens is 1. The Morgan fingerprint density at radius 3 is 2.67 bits per heavy atom. The van der Waals surface area contributed by atoms with Gasteiger partial charge in [0.15, 0.2) is 5.06 Å². The minimum Gasteiger partial charge on any atom is -0.499 e. The molecule has 0 radical (unpaired) electrons. The highest BCUT2D eigenvalue weighted by Crippen LogP contribution is 2.29. The van der Waals surface area contributed by atoms with Crippen LogP contribution in [0, 0.1) is 0 Å². The van der Waals surface area contributed by atoms with E-state index >= 15 is 0 Å². The number of carbonyl (C=O) groups is 2. The standard InChI is InChI=1S/C13H10BrNO5S/c1-5(12(18)19)15-11(17)9-10(16)7-4-6(14)2-3-8(7)21-13(9)20/h2-5,20H,1H3,(H,15,17)(H,18,19). The Morgan fingerprint density at radius 1 is 1.38 bits per heavy atom. The molecule has 110 valence electrons. The largest absolute Gasteiger partial charge is 0.499 e. The Bertz CT molecular complexity index is 801. The summed E-state index contributed by atoms with van der Waals surface area (Å²) in [7, 11) is 0. The smallest absolute Gasteiger partial charge is 0.325 e. The molecule has 21 heavy (non-hydrogen) atoms. The van der Waals surface area contributed by atoms with Gasteiger partial charge >= 0.3 is 5.97 Å². The Morgan fingerprint density at radius 2 is 2.05 bits per heavy atom. The lowest BCUT2D eigenvalue weighted by Crippen LogP contribution is -2.40. The molecule has 8 heteroatoms. The highest BCUT2D eigenvalue weighted by molar-refractivity contribution is 9.10. The zero-order valence-corrected chi connectivity index (χ0v) is 13.1. The van der Waals surface area contributed by atoms with Gasteiger partial charge in [0, 0.05) is 14.6 Å². The van der Waals surface area contributed by atoms with E-state index in [4.69, 9.17) is 5.11 Å². The van der Waals surface area contributed by atoms with Crippen LogP contribution >= 0.6 is 27.3 Å². The highest BCUT2D eigenvalue weighted by Gasteiger charge is 2.22. The fourth-order valence-corrected chi connectivity index (χ4v) is 2.94. The molecule has 1 heterocycles. The number of aromatic hydroxyl groups is 1. The van der Waals surface area contributed by atoms with Gasteiger partial charge in [0.25, 0.3) is 5.91 Å². The number of carboxylic acid groups (broad SMARTS) is 1. The molecule has 0 aliphatic carbocycles. The summed E-state index contributed by atoms with van der Waals surface area (Å²) >= 11 is 4.11. The SMILES string of the molecule is CC(NC(=O)c1c(O)sc2ccc(Br)cc2c1=O)C(=O)O. The fourth-order valence-electron chi connectivity index (χ4n) is 1.69. The van der Waals surface area contributed by atoms with Crippen molar-refractivity contribution < 1.29 is 19.8 Å². The van der Waals surface area contributed by atoms with E-state index < -0.39 is 34.0 Å². The first-order valence-corrected chi connectivity index (χ1v) is 7.41. The van der Waals surface area contributed by atoms with Gasteiger partial charge in [-0.15, -0.1) is 0 Å². The van der Waals surface area contributed by atoms with Gasteiger partial charge in [-0.3, -0.25) is 14.4 Å². The van der Waals surface area contributed by atoms with Crippen LogP contribution in [-0.2, 0) is 4.79 Å². The Hall–Kier alpha value is -1.93. The van der Waals surface area contributed by atoms with Crippen molar-refractivity contribution in [3.8, 4) is 5.06 Å². The molecular formula is C13H10BrNO5S. The minimum absolute atomic E-state index is 0.278. The summed E-state index contributed by atoms with van der Waals surface area (Å²) in [5.74, 6) is -2.15. The van der Waals surface area contributed by atoms with Crippen molar-refractivity contribution >= 4 is 49.2 Å². The van der Waals surface area contributed by atoms with Gasteiger partial charge in [-0.25, -0.2) is 0 Å². The number of hydrogen-bond donors (Lipinski definition) is 3. The molecule has 0 saturated carbocycles. The zero-order chi connectivity index (χ0) is 15.7. The van der Waals surface area contributed by atoms with Crippen LogP contribution in [0.1, 0.15) is 17.3 Å². The first-order chi connectivity index (χ1) is 9.81. The van der Waals surface area contributed by atoms with Crippen molar-refractivity contribution in [2.45, 2.75) is 13.0 Å². The average Bonchev–Trinajstić information content (AvgIpc) is 2.39. The molecule has 1 amide bonds. The molecule has 0 bridgehead atoms. The third kappa shape index (κ3) is 3.06. The van der Waals surface area contributed by atoms with Crippen LogP contribution in [0.2, 0.25) is 0 Å². The number of rotatable bonds is 3. The average molecular weight is 372 g/mol. The van der Waals surface area contributed by atoms with Gasteiger partial charge in [0.1, 0.15) is 11.6 Å². The quantitative estimate of drug-likeness (QED) is 0.764. The van der Waals surface area contributed by atoms with E-state index in [0.717, 1.165) is 11.3 Å². The third-order valence-corrected chi connectivity index (χ3v) is 4.25. The predicted molar refractivity (Wildman–Crippen MR) is 82.0 cm³/mol. The van der Waals surface area contributed by atoms with Gasteiger partial charge in [0.05, 0.1) is 0 Å². The van der Waals surface area contributed by atoms with Crippen molar-refractivity contribution in [1.29, 1.82) is 0 Å². The van der Waals surface area contributed by atoms with Crippen LogP contribution < -0.4 is 10.7 Å². The monoisotopic (exact) mass is 371 g/mol. The number of nitrogens with one attached hydrogen (secondary N) is 1. The Labute approximate surface area is 131 Å². The van der Waals surface area contributed by atoms with Crippen molar-refractivity contribution in [3.05, 3.63) is 38.5 Å². The summed E-state index contributed by atoms with van der Waals surface area (Å²) in [6.07, 6.45) is 0. The number of carboxylic acids is 1. The molecule has 2 rings (SSSR count). The summed E-state index contributed by atoms with van der Waals surface area (Å²) in [6, 6.07) is 3.74. The molecule has 1 aromatic heterocycles. The molecule has 6 nitrogen and oxygen atoms in total. The zero-order valence-electron chi connectivity index (χ0n) is 10.7. The van der Waals surface area contributed by atoms with Crippen molar-refractivity contribution in [3.63, 3.8) is 0 Å². The number of hydrogen-bond acceptors (Lipinski definition) is 5. The van der Waals surface area contributed by atoms with Gasteiger partial charge in [-0.05, 0) is 25.1 Å². The number of carbonyl (C=O) groups excluding carboxylic acids is 1. The lowest BCUT2D eigenvalue weighted by atomic mass is 10.2. The molecule has 0 aliphatic heterocycles. The number of amides is 1. The van der Waals surface area contributed by atoms with E-state index in [2.05, 4.69) is 21.2 Å². The first-order valence-electron chi connectivity index (χ1n) is 5.80. The van der Waals surface area contributed by atoms with Crippen molar-refractivity contribution in [1.82, 2.24) is 5.32 Å². The summed E-state index contributed by atoms with van der Waals surface area (Å²) < 4.78 is 1.19. The van der Waals surface area contributed by atoms with Gasteiger partial charge in [-0.2, -0.15) is 0 Å². The van der Waals surface area contributed by atoms with E-state index in [1.165, 1.54) is 6.92 Å². The van der Waals surface area contributed by atoms with Crippen molar-refractivity contribution in [2.75, 3.05) is 0 Å². The summed E-state index contributed by atoms with van der Waals surface area (Å²) in [6.45, 7) is 1.27. The van der Waals surface area contributed by atoms with Crippen LogP contribution in [0.3, 0.4) is 0 Å². The molecule has 0 aliphatic rings. The van der Waals surface area contributed by atoms with Gasteiger partial charge in [-0.1, -0.05) is 27.3 Å². The molecule has 1 atom stereocenters. The second-order valence-electron chi connectivity index (χ2n) is 4.29. The van der Waals surface area contributed by atoms with Crippen molar-refractivity contribution in [2.24, 2.45) is 0 Å². The fraction of sp³-hybridized carbons (Fsp3) is 0.154. The maximum atomic E-state index is 12.3. The Balaban J connectivity index is 2.56. The van der Waals surface area contributed by atoms with E-state index in [-0.39, 0.29) is 5.39 Å². The molecule has 3 N–H and O–H groups in total. The van der Waals surface area contributed by atoms with E-state index in [1.807, 2.05) is 0 Å². The number of aliphatic carboxylic acids is 1. The third-order valence-electron chi connectivity index (χ3n) is 2.78. The molecule has 1 aromatic carbocycles. The normalized spacial score (nSPS) is 12.1. The summed E-state index contributed by atoms with van der Waals surface area (Å²) in [5.41, 5.74) is -1.09. The minimum atomic E-state index is -1.23. The lowest BCUT2D eigenvalue weighted by Gasteiger charge is -2.10. The van der Waals surface area contributed by atoms with E-state index in [1.54, 1.807) is 18.2 Å². The van der Waals surface area contributed by atoms with Crippen LogP contribution in [-0.4, -0.2) is 28.1 Å². The number of fused-ring (bicyclic) bond motifs is 1. The maximum absolute atomic E-state index is 12.3. The Kier molecular flexibility index (Phi) is 4.29. The number of benzene rings is 1. The first kappa shape index (κ1) is 15.5. The molecule has 0 saturated heterocycles. The van der Waals surface area contributed by atoms with Crippen LogP contribution in [0.4, 0.5) is 0 Å². The molecular weight excluding hydrogens is 362 g/mol. The van der Waals surface area contributed by atoms with Gasteiger partial charge < -0.3 is 15.5 Å².